The van der Waals surface area contributed by atoms with Gasteiger partial charge in [0.1, 0.15) is 0 Å². The van der Waals surface area contributed by atoms with Crippen LogP contribution >= 0.6 is 0 Å². The summed E-state index contributed by atoms with van der Waals surface area (Å²) >= 11 is 0. The Morgan fingerprint density at radius 2 is 1.56 bits per heavy atom. The largest absolute Gasteiger partial charge is 0.385 e. The molecule has 0 radical (unpaired) electrons. The number of anilines is 1. The van der Waals surface area contributed by atoms with Crippen LogP contribution in [0.15, 0.2) is 54.6 Å². The van der Waals surface area contributed by atoms with E-state index in [-0.39, 0.29) is 0 Å². The predicted molar refractivity (Wildman–Crippen MR) is 79.0 cm³/mol. The molecule has 0 saturated heterocycles. The standard InChI is InChI=1S/C17H21N/c1-14(2)13-18-17-11-7-6-10-16(17)12-15-8-4-3-5-9-15/h3-11,14,18H,12-13H2,1-2H3. The van der Waals surface area contributed by atoms with Crippen LogP contribution in [0.5, 0.6) is 0 Å². The molecule has 94 valence electrons. The molecule has 2 aromatic rings. The molecule has 0 aromatic heterocycles. The third-order valence-electron chi connectivity index (χ3n) is 2.96. The molecule has 1 N–H and O–H groups in total. The molecular formula is C17H21N. The summed E-state index contributed by atoms with van der Waals surface area (Å²) in [6.45, 7) is 5.48. The molecule has 1 nitrogen and oxygen atoms in total. The third-order valence-corrected chi connectivity index (χ3v) is 2.96. The Labute approximate surface area is 110 Å². The summed E-state index contributed by atoms with van der Waals surface area (Å²) in [7, 11) is 0. The molecule has 0 aliphatic heterocycles. The minimum absolute atomic E-state index is 0.662. The van der Waals surface area contributed by atoms with E-state index in [0.717, 1.165) is 13.0 Å². The Hall–Kier alpha value is -1.76. The first-order valence-corrected chi connectivity index (χ1v) is 6.61. The predicted octanol–water partition coefficient (Wildman–Crippen LogP) is 4.35. The average molecular weight is 239 g/mol. The summed E-state index contributed by atoms with van der Waals surface area (Å²) < 4.78 is 0. The fourth-order valence-corrected chi connectivity index (χ4v) is 1.98. The second-order valence-corrected chi connectivity index (χ2v) is 5.09. The lowest BCUT2D eigenvalue weighted by Crippen LogP contribution is -2.09. The molecule has 0 spiro atoms. The first kappa shape index (κ1) is 12.7. The van der Waals surface area contributed by atoms with Gasteiger partial charge >= 0.3 is 0 Å². The van der Waals surface area contributed by atoms with Crippen molar-refractivity contribution in [2.45, 2.75) is 20.3 Å². The van der Waals surface area contributed by atoms with Crippen LogP contribution in [-0.4, -0.2) is 6.54 Å². The molecule has 0 amide bonds. The molecule has 0 saturated carbocycles. The van der Waals surface area contributed by atoms with Crippen molar-refractivity contribution in [3.8, 4) is 0 Å². The van der Waals surface area contributed by atoms with Gasteiger partial charge in [0.25, 0.3) is 0 Å². The third kappa shape index (κ3) is 3.63. The molecule has 0 bridgehead atoms. The van der Waals surface area contributed by atoms with Crippen molar-refractivity contribution in [1.82, 2.24) is 0 Å². The number of rotatable bonds is 5. The van der Waals surface area contributed by atoms with Crippen molar-refractivity contribution in [2.24, 2.45) is 5.92 Å². The maximum atomic E-state index is 3.53. The zero-order valence-corrected chi connectivity index (χ0v) is 11.2. The lowest BCUT2D eigenvalue weighted by Gasteiger charge is -2.13. The highest BCUT2D eigenvalue weighted by molar-refractivity contribution is 5.52. The summed E-state index contributed by atoms with van der Waals surface area (Å²) in [5, 5.41) is 3.53. The lowest BCUT2D eigenvalue weighted by molar-refractivity contribution is 0.688. The van der Waals surface area contributed by atoms with Crippen LogP contribution in [0.4, 0.5) is 5.69 Å². The zero-order chi connectivity index (χ0) is 12.8. The summed E-state index contributed by atoms with van der Waals surface area (Å²) in [5.41, 5.74) is 3.98. The van der Waals surface area contributed by atoms with Crippen LogP contribution in [0, 0.1) is 5.92 Å². The first-order chi connectivity index (χ1) is 8.75. The topological polar surface area (TPSA) is 12.0 Å². The molecule has 1 heteroatoms. The Morgan fingerprint density at radius 3 is 2.28 bits per heavy atom. The summed E-state index contributed by atoms with van der Waals surface area (Å²) in [4.78, 5) is 0. The Morgan fingerprint density at radius 1 is 0.889 bits per heavy atom. The van der Waals surface area contributed by atoms with Crippen molar-refractivity contribution in [3.05, 3.63) is 65.7 Å². The summed E-state index contributed by atoms with van der Waals surface area (Å²) in [5.74, 6) is 0.662. The number of nitrogens with one attached hydrogen (secondary N) is 1. The van der Waals surface area contributed by atoms with Gasteiger partial charge in [-0.1, -0.05) is 62.4 Å². The molecular weight excluding hydrogens is 218 g/mol. The molecule has 0 fully saturated rings. The monoisotopic (exact) mass is 239 g/mol. The Bertz CT molecular complexity index is 474. The SMILES string of the molecule is CC(C)CNc1ccccc1Cc1ccccc1. The van der Waals surface area contributed by atoms with Gasteiger partial charge in [0.2, 0.25) is 0 Å². The van der Waals surface area contributed by atoms with Gasteiger partial charge in [-0.3, -0.25) is 0 Å². The minimum Gasteiger partial charge on any atom is -0.385 e. The van der Waals surface area contributed by atoms with Crippen LogP contribution in [-0.2, 0) is 6.42 Å². The number of hydrogen-bond acceptors (Lipinski definition) is 1. The van der Waals surface area contributed by atoms with Gasteiger partial charge in [0.05, 0.1) is 0 Å². The van der Waals surface area contributed by atoms with E-state index in [1.54, 1.807) is 0 Å². The first-order valence-electron chi connectivity index (χ1n) is 6.61. The van der Waals surface area contributed by atoms with Crippen molar-refractivity contribution in [2.75, 3.05) is 11.9 Å². The molecule has 0 aliphatic rings. The van der Waals surface area contributed by atoms with E-state index in [2.05, 4.69) is 73.8 Å². The van der Waals surface area contributed by atoms with Crippen molar-refractivity contribution < 1.29 is 0 Å². The maximum absolute atomic E-state index is 3.53. The second-order valence-electron chi connectivity index (χ2n) is 5.09. The Kier molecular flexibility index (Phi) is 4.40. The highest BCUT2D eigenvalue weighted by atomic mass is 14.9. The van der Waals surface area contributed by atoms with E-state index >= 15 is 0 Å². The summed E-state index contributed by atoms with van der Waals surface area (Å²) in [6.07, 6.45) is 0.988. The maximum Gasteiger partial charge on any atom is 0.0376 e. The molecule has 0 aliphatic carbocycles. The van der Waals surface area contributed by atoms with E-state index in [1.807, 2.05) is 0 Å². The van der Waals surface area contributed by atoms with E-state index in [1.165, 1.54) is 16.8 Å². The fourth-order valence-electron chi connectivity index (χ4n) is 1.98. The zero-order valence-electron chi connectivity index (χ0n) is 11.2. The molecule has 0 unspecified atom stereocenters. The van der Waals surface area contributed by atoms with Crippen LogP contribution in [0.3, 0.4) is 0 Å². The van der Waals surface area contributed by atoms with Gasteiger partial charge in [-0.15, -0.1) is 0 Å². The van der Waals surface area contributed by atoms with E-state index in [9.17, 15) is 0 Å². The smallest absolute Gasteiger partial charge is 0.0376 e. The normalized spacial score (nSPS) is 10.6. The van der Waals surface area contributed by atoms with E-state index in [0.29, 0.717) is 5.92 Å². The minimum atomic E-state index is 0.662. The molecule has 2 aromatic carbocycles. The molecule has 0 atom stereocenters. The molecule has 0 heterocycles. The number of hydrogen-bond donors (Lipinski definition) is 1. The lowest BCUT2D eigenvalue weighted by atomic mass is 10.0. The van der Waals surface area contributed by atoms with Gasteiger partial charge in [-0.05, 0) is 29.5 Å². The van der Waals surface area contributed by atoms with Crippen molar-refractivity contribution >= 4 is 5.69 Å². The van der Waals surface area contributed by atoms with Gasteiger partial charge in [0, 0.05) is 12.2 Å². The highest BCUT2D eigenvalue weighted by Crippen LogP contribution is 2.19. The number of benzene rings is 2. The van der Waals surface area contributed by atoms with E-state index < -0.39 is 0 Å². The fraction of sp³-hybridized carbons (Fsp3) is 0.294. The van der Waals surface area contributed by atoms with Crippen LogP contribution < -0.4 is 5.32 Å². The summed E-state index contributed by atoms with van der Waals surface area (Å²) in [6, 6.07) is 19.2. The van der Waals surface area contributed by atoms with Gasteiger partial charge in [-0.2, -0.15) is 0 Å². The van der Waals surface area contributed by atoms with E-state index in [4.69, 9.17) is 0 Å². The van der Waals surface area contributed by atoms with Crippen molar-refractivity contribution in [1.29, 1.82) is 0 Å². The second kappa shape index (κ2) is 6.25. The van der Waals surface area contributed by atoms with Gasteiger partial charge < -0.3 is 5.32 Å². The average Bonchev–Trinajstić information content (AvgIpc) is 2.39. The van der Waals surface area contributed by atoms with Crippen molar-refractivity contribution in [3.63, 3.8) is 0 Å². The number of para-hydroxylation sites is 1. The molecule has 2 rings (SSSR count). The molecule has 18 heavy (non-hydrogen) atoms. The highest BCUT2D eigenvalue weighted by Gasteiger charge is 2.03. The van der Waals surface area contributed by atoms with Crippen LogP contribution in [0.25, 0.3) is 0 Å². The van der Waals surface area contributed by atoms with Crippen LogP contribution in [0.1, 0.15) is 25.0 Å². The Balaban J connectivity index is 2.12. The quantitative estimate of drug-likeness (QED) is 0.818. The van der Waals surface area contributed by atoms with Crippen LogP contribution in [0.2, 0.25) is 0 Å². The van der Waals surface area contributed by atoms with Gasteiger partial charge in [-0.25, -0.2) is 0 Å². The van der Waals surface area contributed by atoms with Gasteiger partial charge in [0.15, 0.2) is 0 Å².